The van der Waals surface area contributed by atoms with E-state index >= 15 is 0 Å². The van der Waals surface area contributed by atoms with Crippen molar-refractivity contribution in [1.82, 2.24) is 14.5 Å². The standard InChI is InChI=1S/C22H24N4O4/c1-5-26-19-11-6-15(12-18(19)23-14(2)22(26)29)21(28)24-16-7-9-17(10-8-16)30-13-20(27)25(3)4/h6-12H,5,13H2,1-4H3,(H,24,28). The molecule has 1 heterocycles. The Labute approximate surface area is 174 Å². The second-order valence-electron chi connectivity index (χ2n) is 7.01. The first-order chi connectivity index (χ1) is 14.3. The van der Waals surface area contributed by atoms with Gasteiger partial charge in [-0.15, -0.1) is 0 Å². The highest BCUT2D eigenvalue weighted by molar-refractivity contribution is 6.05. The van der Waals surface area contributed by atoms with Crippen LogP contribution in [-0.4, -0.2) is 47.0 Å². The summed E-state index contributed by atoms with van der Waals surface area (Å²) < 4.78 is 7.06. The van der Waals surface area contributed by atoms with Crippen molar-refractivity contribution in [2.24, 2.45) is 0 Å². The van der Waals surface area contributed by atoms with E-state index in [1.807, 2.05) is 6.92 Å². The third kappa shape index (κ3) is 4.48. The molecule has 0 bridgehead atoms. The molecule has 0 aliphatic carbocycles. The number of aryl methyl sites for hydroxylation is 2. The Kier molecular flexibility index (Phi) is 6.15. The highest BCUT2D eigenvalue weighted by atomic mass is 16.5. The Morgan fingerprint density at radius 2 is 1.83 bits per heavy atom. The number of nitrogens with zero attached hydrogens (tertiary/aromatic N) is 3. The molecule has 2 aromatic carbocycles. The SMILES string of the molecule is CCn1c(=O)c(C)nc2cc(C(=O)Nc3ccc(OCC(=O)N(C)C)cc3)ccc21. The van der Waals surface area contributed by atoms with E-state index in [0.717, 1.165) is 0 Å². The lowest BCUT2D eigenvalue weighted by Gasteiger charge is -2.12. The van der Waals surface area contributed by atoms with Gasteiger partial charge in [-0.3, -0.25) is 14.4 Å². The largest absolute Gasteiger partial charge is 0.484 e. The number of rotatable bonds is 6. The van der Waals surface area contributed by atoms with Crippen molar-refractivity contribution in [1.29, 1.82) is 0 Å². The van der Waals surface area contributed by atoms with Crippen molar-refractivity contribution in [3.8, 4) is 5.75 Å². The molecule has 0 atom stereocenters. The summed E-state index contributed by atoms with van der Waals surface area (Å²) in [5.74, 6) is 0.106. The number of anilines is 1. The summed E-state index contributed by atoms with van der Waals surface area (Å²) in [5.41, 5.74) is 2.58. The first-order valence-corrected chi connectivity index (χ1v) is 9.55. The van der Waals surface area contributed by atoms with Crippen molar-refractivity contribution >= 4 is 28.5 Å². The Morgan fingerprint density at radius 1 is 1.13 bits per heavy atom. The maximum atomic E-state index is 12.7. The van der Waals surface area contributed by atoms with E-state index in [0.29, 0.717) is 40.3 Å². The topological polar surface area (TPSA) is 93.5 Å². The van der Waals surface area contributed by atoms with Crippen LogP contribution in [-0.2, 0) is 11.3 Å². The molecule has 0 aliphatic rings. The summed E-state index contributed by atoms with van der Waals surface area (Å²) in [6, 6.07) is 11.9. The molecule has 0 spiro atoms. The van der Waals surface area contributed by atoms with Crippen LogP contribution < -0.4 is 15.6 Å². The predicted octanol–water partition coefficient (Wildman–Crippen LogP) is 2.44. The zero-order valence-electron chi connectivity index (χ0n) is 17.4. The average Bonchev–Trinajstić information content (AvgIpc) is 2.73. The van der Waals surface area contributed by atoms with Crippen molar-refractivity contribution < 1.29 is 14.3 Å². The molecule has 0 saturated heterocycles. The summed E-state index contributed by atoms with van der Waals surface area (Å²) >= 11 is 0. The van der Waals surface area contributed by atoms with Crippen LogP contribution in [0.4, 0.5) is 5.69 Å². The summed E-state index contributed by atoms with van der Waals surface area (Å²) in [7, 11) is 3.32. The second-order valence-corrected chi connectivity index (χ2v) is 7.01. The number of benzene rings is 2. The zero-order chi connectivity index (χ0) is 21.8. The average molecular weight is 408 g/mol. The molecule has 1 N–H and O–H groups in total. The molecule has 3 aromatic rings. The molecule has 1 aromatic heterocycles. The monoisotopic (exact) mass is 408 g/mol. The summed E-state index contributed by atoms with van der Waals surface area (Å²) in [6.07, 6.45) is 0. The number of fused-ring (bicyclic) bond motifs is 1. The van der Waals surface area contributed by atoms with E-state index in [9.17, 15) is 14.4 Å². The van der Waals surface area contributed by atoms with Crippen LogP contribution in [0.2, 0.25) is 0 Å². The molecule has 3 rings (SSSR count). The number of carbonyl (C=O) groups is 2. The van der Waals surface area contributed by atoms with Crippen LogP contribution in [0.25, 0.3) is 11.0 Å². The molecule has 30 heavy (non-hydrogen) atoms. The molecular formula is C22H24N4O4. The first kappa shape index (κ1) is 21.0. The number of amides is 2. The molecule has 0 aliphatic heterocycles. The highest BCUT2D eigenvalue weighted by Gasteiger charge is 2.12. The van der Waals surface area contributed by atoms with E-state index in [1.54, 1.807) is 68.1 Å². The van der Waals surface area contributed by atoms with Crippen LogP contribution in [0.3, 0.4) is 0 Å². The number of hydrogen-bond donors (Lipinski definition) is 1. The quantitative estimate of drug-likeness (QED) is 0.676. The predicted molar refractivity (Wildman–Crippen MR) is 115 cm³/mol. The Balaban J connectivity index is 1.74. The van der Waals surface area contributed by atoms with E-state index in [2.05, 4.69) is 10.3 Å². The van der Waals surface area contributed by atoms with Gasteiger partial charge in [0.15, 0.2) is 6.61 Å². The molecular weight excluding hydrogens is 384 g/mol. The lowest BCUT2D eigenvalue weighted by atomic mass is 10.1. The van der Waals surface area contributed by atoms with Gasteiger partial charge in [-0.25, -0.2) is 4.98 Å². The second kappa shape index (κ2) is 8.77. The smallest absolute Gasteiger partial charge is 0.272 e. The van der Waals surface area contributed by atoms with Gasteiger partial charge in [0.25, 0.3) is 17.4 Å². The van der Waals surface area contributed by atoms with Gasteiger partial charge < -0.3 is 19.5 Å². The lowest BCUT2D eigenvalue weighted by molar-refractivity contribution is -0.130. The van der Waals surface area contributed by atoms with Crippen molar-refractivity contribution in [2.75, 3.05) is 26.0 Å². The van der Waals surface area contributed by atoms with E-state index in [1.165, 1.54) is 4.90 Å². The maximum Gasteiger partial charge on any atom is 0.272 e. The zero-order valence-corrected chi connectivity index (χ0v) is 17.4. The fourth-order valence-corrected chi connectivity index (χ4v) is 2.94. The van der Waals surface area contributed by atoms with Gasteiger partial charge in [0.05, 0.1) is 11.0 Å². The fourth-order valence-electron chi connectivity index (χ4n) is 2.94. The van der Waals surface area contributed by atoms with Crippen LogP contribution in [0, 0.1) is 6.92 Å². The number of ether oxygens (including phenoxy) is 1. The number of carbonyl (C=O) groups excluding carboxylic acids is 2. The van der Waals surface area contributed by atoms with Gasteiger partial charge in [0.2, 0.25) is 0 Å². The van der Waals surface area contributed by atoms with Crippen LogP contribution in [0.5, 0.6) is 5.75 Å². The molecule has 8 heteroatoms. The molecule has 0 unspecified atom stereocenters. The van der Waals surface area contributed by atoms with Crippen molar-refractivity contribution in [3.05, 3.63) is 64.1 Å². The molecule has 0 saturated carbocycles. The van der Waals surface area contributed by atoms with Crippen LogP contribution in [0.1, 0.15) is 23.0 Å². The summed E-state index contributed by atoms with van der Waals surface area (Å²) in [6.45, 7) is 4.03. The Bertz CT molecular complexity index is 1150. The third-order valence-corrected chi connectivity index (χ3v) is 4.66. The minimum Gasteiger partial charge on any atom is -0.484 e. The van der Waals surface area contributed by atoms with Gasteiger partial charge in [-0.1, -0.05) is 0 Å². The first-order valence-electron chi connectivity index (χ1n) is 9.55. The molecule has 8 nitrogen and oxygen atoms in total. The van der Waals surface area contributed by atoms with Gasteiger partial charge in [-0.05, 0) is 56.3 Å². The maximum absolute atomic E-state index is 12.7. The minimum atomic E-state index is -0.290. The third-order valence-electron chi connectivity index (χ3n) is 4.66. The van der Waals surface area contributed by atoms with E-state index < -0.39 is 0 Å². The van der Waals surface area contributed by atoms with Gasteiger partial charge in [-0.2, -0.15) is 0 Å². The van der Waals surface area contributed by atoms with Crippen molar-refractivity contribution in [2.45, 2.75) is 20.4 Å². The van der Waals surface area contributed by atoms with Gasteiger partial charge in [0, 0.05) is 31.9 Å². The molecule has 2 amide bonds. The minimum absolute atomic E-state index is 0.0505. The van der Waals surface area contributed by atoms with Crippen LogP contribution >= 0.6 is 0 Å². The normalized spacial score (nSPS) is 10.7. The number of aromatic nitrogens is 2. The van der Waals surface area contributed by atoms with Gasteiger partial charge >= 0.3 is 0 Å². The van der Waals surface area contributed by atoms with E-state index in [4.69, 9.17) is 4.74 Å². The number of hydrogen-bond acceptors (Lipinski definition) is 5. The van der Waals surface area contributed by atoms with E-state index in [-0.39, 0.29) is 24.0 Å². The highest BCUT2D eigenvalue weighted by Crippen LogP contribution is 2.18. The van der Waals surface area contributed by atoms with Crippen LogP contribution in [0.15, 0.2) is 47.3 Å². The molecule has 0 radical (unpaired) electrons. The Hall–Kier alpha value is -3.68. The number of nitrogens with one attached hydrogen (secondary N) is 1. The molecule has 156 valence electrons. The summed E-state index contributed by atoms with van der Waals surface area (Å²) in [5, 5.41) is 2.82. The lowest BCUT2D eigenvalue weighted by Crippen LogP contribution is -2.27. The van der Waals surface area contributed by atoms with Crippen molar-refractivity contribution in [3.63, 3.8) is 0 Å². The Morgan fingerprint density at radius 3 is 2.47 bits per heavy atom. The molecule has 0 fully saturated rings. The number of likely N-dealkylation sites (N-methyl/N-ethyl adjacent to an activating group) is 1. The van der Waals surface area contributed by atoms with Gasteiger partial charge in [0.1, 0.15) is 11.4 Å². The fraction of sp³-hybridized carbons (Fsp3) is 0.273. The summed E-state index contributed by atoms with van der Waals surface area (Å²) in [4.78, 5) is 42.2.